The summed E-state index contributed by atoms with van der Waals surface area (Å²) in [6.45, 7) is 11.5. The molecule has 1 fully saturated rings. The molecule has 1 aliphatic heterocycles. The van der Waals surface area contributed by atoms with E-state index in [-0.39, 0.29) is 11.3 Å². The maximum absolute atomic E-state index is 11.9. The van der Waals surface area contributed by atoms with E-state index in [1.165, 1.54) is 0 Å². The van der Waals surface area contributed by atoms with Gasteiger partial charge in [-0.2, -0.15) is 0 Å². The van der Waals surface area contributed by atoms with Gasteiger partial charge in [0.1, 0.15) is 0 Å². The molecule has 0 aromatic heterocycles. The Morgan fingerprint density at radius 2 is 1.94 bits per heavy atom. The largest absolute Gasteiger partial charge is 0.379 e. The van der Waals surface area contributed by atoms with Crippen LogP contribution in [0.3, 0.4) is 0 Å². The first kappa shape index (κ1) is 15.2. The van der Waals surface area contributed by atoms with Crippen molar-refractivity contribution in [1.29, 1.82) is 0 Å². The topological polar surface area (TPSA) is 32.8 Å². The summed E-state index contributed by atoms with van der Waals surface area (Å²) in [6, 6.07) is 0. The van der Waals surface area contributed by atoms with Gasteiger partial charge in [0.05, 0.1) is 13.2 Å². The zero-order valence-corrected chi connectivity index (χ0v) is 12.1. The Bertz CT molecular complexity index is 289. The van der Waals surface area contributed by atoms with Crippen LogP contribution >= 0.6 is 0 Å². The number of carbonyl (C=O) groups excluding carboxylic acids is 1. The molecule has 18 heavy (non-hydrogen) atoms. The van der Waals surface area contributed by atoms with E-state index < -0.39 is 0 Å². The van der Waals surface area contributed by atoms with Gasteiger partial charge in [-0.15, -0.1) is 0 Å². The van der Waals surface area contributed by atoms with Crippen molar-refractivity contribution in [3.8, 4) is 0 Å². The second-order valence-electron chi connectivity index (χ2n) is 6.07. The number of hydrogen-bond acceptors (Lipinski definition) is 3. The fraction of sp³-hybridized carbons (Fsp3) is 0.786. The van der Waals surface area contributed by atoms with Gasteiger partial charge >= 0.3 is 0 Å². The zero-order chi connectivity index (χ0) is 13.6. The van der Waals surface area contributed by atoms with E-state index in [0.29, 0.717) is 0 Å². The average Bonchev–Trinajstić information content (AvgIpc) is 2.28. The van der Waals surface area contributed by atoms with Gasteiger partial charge in [-0.3, -0.25) is 9.69 Å². The molecule has 104 valence electrons. The van der Waals surface area contributed by atoms with E-state index in [1.54, 1.807) is 11.0 Å². The van der Waals surface area contributed by atoms with Crippen molar-refractivity contribution in [3.63, 3.8) is 0 Å². The molecule has 4 heteroatoms. The minimum atomic E-state index is 0.0817. The molecule has 1 saturated heterocycles. The molecular weight excluding hydrogens is 228 g/mol. The van der Waals surface area contributed by atoms with Gasteiger partial charge < -0.3 is 9.64 Å². The van der Waals surface area contributed by atoms with Crippen LogP contribution in [-0.2, 0) is 9.53 Å². The predicted octanol–water partition coefficient (Wildman–Crippen LogP) is 1.38. The molecule has 0 radical (unpaired) electrons. The normalized spacial score (nSPS) is 18.2. The van der Waals surface area contributed by atoms with Crippen LogP contribution in [0.1, 0.15) is 20.8 Å². The standard InChI is InChI=1S/C14H26N2O2/c1-14(2,3)12-15(4)13(17)6-5-7-16-8-10-18-11-9-16/h5-6H,7-12H2,1-4H3/b6-5+. The first-order valence-electron chi connectivity index (χ1n) is 6.60. The third kappa shape index (κ3) is 6.17. The van der Waals surface area contributed by atoms with E-state index in [0.717, 1.165) is 39.4 Å². The van der Waals surface area contributed by atoms with E-state index >= 15 is 0 Å². The van der Waals surface area contributed by atoms with Crippen molar-refractivity contribution < 1.29 is 9.53 Å². The summed E-state index contributed by atoms with van der Waals surface area (Å²) in [4.78, 5) is 15.9. The molecule has 1 heterocycles. The highest BCUT2D eigenvalue weighted by molar-refractivity contribution is 5.87. The van der Waals surface area contributed by atoms with Crippen LogP contribution in [0.2, 0.25) is 0 Å². The molecule has 0 atom stereocenters. The highest BCUT2D eigenvalue weighted by Crippen LogP contribution is 2.14. The number of ether oxygens (including phenoxy) is 1. The first-order valence-corrected chi connectivity index (χ1v) is 6.60. The van der Waals surface area contributed by atoms with Crippen molar-refractivity contribution in [2.45, 2.75) is 20.8 Å². The lowest BCUT2D eigenvalue weighted by molar-refractivity contribution is -0.125. The maximum atomic E-state index is 11.9. The molecule has 1 amide bonds. The molecular formula is C14H26N2O2. The van der Waals surface area contributed by atoms with Gasteiger partial charge in [0.25, 0.3) is 0 Å². The summed E-state index contributed by atoms with van der Waals surface area (Å²) in [5.41, 5.74) is 0.141. The van der Waals surface area contributed by atoms with Gasteiger partial charge in [0, 0.05) is 39.3 Å². The Morgan fingerprint density at radius 1 is 1.33 bits per heavy atom. The van der Waals surface area contributed by atoms with Gasteiger partial charge in [-0.25, -0.2) is 0 Å². The highest BCUT2D eigenvalue weighted by Gasteiger charge is 2.16. The fourth-order valence-corrected chi connectivity index (χ4v) is 2.00. The molecule has 0 aliphatic carbocycles. The highest BCUT2D eigenvalue weighted by atomic mass is 16.5. The van der Waals surface area contributed by atoms with Crippen LogP contribution in [0, 0.1) is 5.41 Å². The third-order valence-electron chi connectivity index (χ3n) is 2.82. The van der Waals surface area contributed by atoms with Crippen LogP contribution in [0.15, 0.2) is 12.2 Å². The summed E-state index contributed by atoms with van der Waals surface area (Å²) in [5.74, 6) is 0.0817. The third-order valence-corrected chi connectivity index (χ3v) is 2.82. The number of amides is 1. The predicted molar refractivity (Wildman–Crippen MR) is 73.5 cm³/mol. The summed E-state index contributed by atoms with van der Waals surface area (Å²) >= 11 is 0. The summed E-state index contributed by atoms with van der Waals surface area (Å²) in [5, 5.41) is 0. The van der Waals surface area contributed by atoms with E-state index in [1.807, 2.05) is 13.1 Å². The summed E-state index contributed by atoms with van der Waals surface area (Å²) in [7, 11) is 1.85. The van der Waals surface area contributed by atoms with Crippen LogP contribution < -0.4 is 0 Å². The monoisotopic (exact) mass is 254 g/mol. The lowest BCUT2D eigenvalue weighted by Crippen LogP contribution is -2.36. The van der Waals surface area contributed by atoms with Gasteiger partial charge in [-0.05, 0) is 5.41 Å². The Balaban J connectivity index is 2.29. The number of hydrogen-bond donors (Lipinski definition) is 0. The van der Waals surface area contributed by atoms with Gasteiger partial charge in [0.15, 0.2) is 0 Å². The summed E-state index contributed by atoms with van der Waals surface area (Å²) < 4.78 is 5.28. The fourth-order valence-electron chi connectivity index (χ4n) is 2.00. The van der Waals surface area contributed by atoms with Gasteiger partial charge in [-0.1, -0.05) is 26.8 Å². The Labute approximate surface area is 111 Å². The SMILES string of the molecule is CN(CC(C)(C)C)C(=O)/C=C/CN1CCOCC1. The van der Waals surface area contributed by atoms with E-state index in [9.17, 15) is 4.79 Å². The van der Waals surface area contributed by atoms with Crippen molar-refractivity contribution in [3.05, 3.63) is 12.2 Å². The molecule has 0 unspecified atom stereocenters. The van der Waals surface area contributed by atoms with Gasteiger partial charge in [0.2, 0.25) is 5.91 Å². The minimum Gasteiger partial charge on any atom is -0.379 e. The molecule has 0 N–H and O–H groups in total. The number of carbonyl (C=O) groups is 1. The molecule has 1 aliphatic rings. The Kier molecular flexibility index (Phi) is 5.82. The lowest BCUT2D eigenvalue weighted by Gasteiger charge is -2.26. The van der Waals surface area contributed by atoms with Crippen molar-refractivity contribution in [1.82, 2.24) is 9.80 Å². The quantitative estimate of drug-likeness (QED) is 0.711. The lowest BCUT2D eigenvalue weighted by atomic mass is 9.96. The average molecular weight is 254 g/mol. The van der Waals surface area contributed by atoms with E-state index in [2.05, 4.69) is 25.7 Å². The molecule has 0 saturated carbocycles. The van der Waals surface area contributed by atoms with Crippen LogP contribution in [0.5, 0.6) is 0 Å². The van der Waals surface area contributed by atoms with Crippen LogP contribution in [0.25, 0.3) is 0 Å². The smallest absolute Gasteiger partial charge is 0.246 e. The number of likely N-dealkylation sites (N-methyl/N-ethyl adjacent to an activating group) is 1. The van der Waals surface area contributed by atoms with Crippen LogP contribution in [0.4, 0.5) is 0 Å². The molecule has 4 nitrogen and oxygen atoms in total. The molecule has 0 bridgehead atoms. The molecule has 0 aromatic rings. The number of nitrogens with zero attached hydrogens (tertiary/aromatic N) is 2. The molecule has 1 rings (SSSR count). The summed E-state index contributed by atoms with van der Waals surface area (Å²) in [6.07, 6.45) is 3.63. The van der Waals surface area contributed by atoms with Crippen molar-refractivity contribution in [2.75, 3.05) is 46.4 Å². The number of rotatable bonds is 4. The van der Waals surface area contributed by atoms with E-state index in [4.69, 9.17) is 4.74 Å². The zero-order valence-electron chi connectivity index (χ0n) is 12.1. The Hall–Kier alpha value is -0.870. The van der Waals surface area contributed by atoms with Crippen molar-refractivity contribution >= 4 is 5.91 Å². The minimum absolute atomic E-state index is 0.0817. The molecule has 0 aromatic carbocycles. The first-order chi connectivity index (χ1) is 8.38. The Morgan fingerprint density at radius 3 is 2.50 bits per heavy atom. The maximum Gasteiger partial charge on any atom is 0.246 e. The second kappa shape index (κ2) is 6.90. The number of morpholine rings is 1. The van der Waals surface area contributed by atoms with Crippen LogP contribution in [-0.4, -0.2) is 62.1 Å². The second-order valence-corrected chi connectivity index (χ2v) is 6.07. The molecule has 0 spiro atoms. The van der Waals surface area contributed by atoms with Crippen molar-refractivity contribution in [2.24, 2.45) is 5.41 Å².